The number of nitrogens with zero attached hydrogens (tertiary/aromatic N) is 2. The predicted molar refractivity (Wildman–Crippen MR) is 141 cm³/mol. The Kier molecular flexibility index (Phi) is 6.74. The number of carbonyl (C=O) groups excluding carboxylic acids is 1. The molecule has 3 aromatic carbocycles. The number of hydrogen-bond donors (Lipinski definition) is 1. The lowest BCUT2D eigenvalue weighted by molar-refractivity contribution is 0.102. The first-order chi connectivity index (χ1) is 16.9. The van der Waals surface area contributed by atoms with E-state index < -0.39 is 11.7 Å². The van der Waals surface area contributed by atoms with E-state index in [1.165, 1.54) is 30.5 Å². The summed E-state index contributed by atoms with van der Waals surface area (Å²) in [6, 6.07) is 15.4. The van der Waals surface area contributed by atoms with Crippen molar-refractivity contribution < 1.29 is 9.18 Å². The summed E-state index contributed by atoms with van der Waals surface area (Å²) in [7, 11) is 0. The number of likely N-dealkylation sites (tertiary alicyclic amines) is 1. The number of carbonyl (C=O) groups is 1. The molecule has 5 rings (SSSR count). The zero-order chi connectivity index (χ0) is 24.5. The fourth-order valence-electron chi connectivity index (χ4n) is 4.59. The summed E-state index contributed by atoms with van der Waals surface area (Å²) in [5.74, 6) is -1.15. The summed E-state index contributed by atoms with van der Waals surface area (Å²) >= 11 is 12.2. The number of hydrogen-bond acceptors (Lipinski definition) is 3. The number of aromatic nitrogens is 1. The van der Waals surface area contributed by atoms with Gasteiger partial charge in [0.15, 0.2) is 0 Å². The summed E-state index contributed by atoms with van der Waals surface area (Å²) in [4.78, 5) is 20.0. The summed E-state index contributed by atoms with van der Waals surface area (Å²) in [6.07, 6.45) is 4.41. The molecule has 35 heavy (non-hydrogen) atoms. The molecule has 1 aromatic heterocycles. The maximum absolute atomic E-state index is 14.9. The quantitative estimate of drug-likeness (QED) is 0.304. The normalized spacial score (nSPS) is 13.9. The Morgan fingerprint density at radius 3 is 2.60 bits per heavy atom. The van der Waals surface area contributed by atoms with Gasteiger partial charge in [-0.2, -0.15) is 0 Å². The van der Waals surface area contributed by atoms with Crippen LogP contribution in [0.5, 0.6) is 0 Å². The lowest BCUT2D eigenvalue weighted by Gasteiger charge is -2.16. The van der Waals surface area contributed by atoms with Crippen molar-refractivity contribution in [3.63, 3.8) is 0 Å². The third-order valence-corrected chi connectivity index (χ3v) is 7.02. The van der Waals surface area contributed by atoms with E-state index in [1.54, 1.807) is 24.3 Å². The highest BCUT2D eigenvalue weighted by atomic mass is 35.5. The molecule has 7 heteroatoms. The van der Waals surface area contributed by atoms with Crippen LogP contribution in [-0.4, -0.2) is 28.9 Å². The number of amides is 1. The van der Waals surface area contributed by atoms with E-state index in [1.807, 2.05) is 25.3 Å². The van der Waals surface area contributed by atoms with Gasteiger partial charge in [-0.25, -0.2) is 4.39 Å². The van der Waals surface area contributed by atoms with Gasteiger partial charge < -0.3 is 5.32 Å². The Balaban J connectivity index is 1.36. The van der Waals surface area contributed by atoms with E-state index in [9.17, 15) is 9.18 Å². The Morgan fingerprint density at radius 1 is 1.06 bits per heavy atom. The van der Waals surface area contributed by atoms with Crippen molar-refractivity contribution in [1.82, 2.24) is 9.88 Å². The molecule has 0 saturated carbocycles. The second kappa shape index (κ2) is 9.94. The van der Waals surface area contributed by atoms with Gasteiger partial charge in [0, 0.05) is 39.4 Å². The molecule has 4 nitrogen and oxygen atoms in total. The third-order valence-electron chi connectivity index (χ3n) is 6.47. The first-order valence-electron chi connectivity index (χ1n) is 11.6. The summed E-state index contributed by atoms with van der Waals surface area (Å²) in [6.45, 7) is 5.07. The van der Waals surface area contributed by atoms with Crippen molar-refractivity contribution in [3.05, 3.63) is 93.3 Å². The van der Waals surface area contributed by atoms with E-state index in [-0.39, 0.29) is 5.56 Å². The fourth-order valence-corrected chi connectivity index (χ4v) is 5.11. The monoisotopic (exact) mass is 507 g/mol. The Bertz CT molecular complexity index is 1430. The van der Waals surface area contributed by atoms with Gasteiger partial charge in [0.2, 0.25) is 0 Å². The molecular formula is C28H24Cl2FN3O. The van der Waals surface area contributed by atoms with Crippen LogP contribution in [0.3, 0.4) is 0 Å². The topological polar surface area (TPSA) is 45.2 Å². The van der Waals surface area contributed by atoms with Gasteiger partial charge in [-0.05, 0) is 85.9 Å². The molecule has 0 spiro atoms. The van der Waals surface area contributed by atoms with Crippen LogP contribution in [0.1, 0.15) is 34.3 Å². The van der Waals surface area contributed by atoms with Crippen LogP contribution in [0, 0.1) is 12.7 Å². The largest absolute Gasteiger partial charge is 0.322 e. The van der Waals surface area contributed by atoms with Gasteiger partial charge in [-0.1, -0.05) is 41.4 Å². The molecule has 0 aliphatic carbocycles. The van der Waals surface area contributed by atoms with E-state index >= 15 is 0 Å². The SMILES string of the molecule is Cc1c(NC(=O)c2ccc(-c3ccc(Cl)cc3Cl)cc2F)ccc2cc(CN3CCCC3)cnc12. The number of pyridine rings is 1. The first-order valence-corrected chi connectivity index (χ1v) is 12.3. The molecule has 4 aromatic rings. The van der Waals surface area contributed by atoms with Gasteiger partial charge in [0.25, 0.3) is 5.91 Å². The van der Waals surface area contributed by atoms with Crippen LogP contribution in [0.2, 0.25) is 10.0 Å². The standard InChI is InChI=1S/C28H24Cl2FN3O/c1-17-26(9-5-20-12-18(15-32-27(17)20)16-34-10-2-3-11-34)33-28(35)23-7-4-19(13-25(23)31)22-8-6-21(29)14-24(22)30/h4-9,12-15H,2-3,10-11,16H2,1H3,(H,33,35). The molecule has 1 aliphatic rings. The van der Waals surface area contributed by atoms with E-state index in [4.69, 9.17) is 23.2 Å². The minimum atomic E-state index is -0.630. The van der Waals surface area contributed by atoms with E-state index in [0.717, 1.165) is 36.1 Å². The Labute approximate surface area is 213 Å². The van der Waals surface area contributed by atoms with Crippen molar-refractivity contribution in [2.24, 2.45) is 0 Å². The van der Waals surface area contributed by atoms with Crippen LogP contribution in [0.15, 0.2) is 60.8 Å². The van der Waals surface area contributed by atoms with Crippen LogP contribution < -0.4 is 5.32 Å². The lowest BCUT2D eigenvalue weighted by atomic mass is 10.0. The summed E-state index contributed by atoms with van der Waals surface area (Å²) < 4.78 is 14.9. The molecular weight excluding hydrogens is 484 g/mol. The zero-order valence-electron chi connectivity index (χ0n) is 19.2. The summed E-state index contributed by atoms with van der Waals surface area (Å²) in [5, 5.41) is 4.77. The van der Waals surface area contributed by atoms with Crippen LogP contribution >= 0.6 is 23.2 Å². The second-order valence-electron chi connectivity index (χ2n) is 8.91. The number of anilines is 1. The minimum Gasteiger partial charge on any atom is -0.322 e. The molecule has 1 aliphatic heterocycles. The third kappa shape index (κ3) is 5.03. The Hall–Kier alpha value is -2.99. The van der Waals surface area contributed by atoms with E-state index in [2.05, 4.69) is 21.3 Å². The minimum absolute atomic E-state index is 0.0488. The second-order valence-corrected chi connectivity index (χ2v) is 9.75. The zero-order valence-corrected chi connectivity index (χ0v) is 20.8. The highest BCUT2D eigenvalue weighted by Crippen LogP contribution is 2.32. The van der Waals surface area contributed by atoms with Crippen molar-refractivity contribution in [3.8, 4) is 11.1 Å². The molecule has 1 fully saturated rings. The van der Waals surface area contributed by atoms with Crippen LogP contribution in [0.25, 0.3) is 22.0 Å². The molecule has 1 saturated heterocycles. The molecule has 0 unspecified atom stereocenters. The van der Waals surface area contributed by atoms with Crippen LogP contribution in [0.4, 0.5) is 10.1 Å². The molecule has 1 amide bonds. The van der Waals surface area contributed by atoms with Gasteiger partial charge >= 0.3 is 0 Å². The smallest absolute Gasteiger partial charge is 0.258 e. The molecule has 178 valence electrons. The van der Waals surface area contributed by atoms with Crippen molar-refractivity contribution in [1.29, 1.82) is 0 Å². The highest BCUT2D eigenvalue weighted by molar-refractivity contribution is 6.36. The molecule has 2 heterocycles. The summed E-state index contributed by atoms with van der Waals surface area (Å²) in [5.41, 5.74) is 4.60. The van der Waals surface area contributed by atoms with Crippen molar-refractivity contribution in [2.45, 2.75) is 26.3 Å². The van der Waals surface area contributed by atoms with Gasteiger partial charge in [-0.3, -0.25) is 14.7 Å². The highest BCUT2D eigenvalue weighted by Gasteiger charge is 2.17. The molecule has 0 radical (unpaired) electrons. The Morgan fingerprint density at radius 2 is 1.86 bits per heavy atom. The molecule has 1 N–H and O–H groups in total. The first kappa shape index (κ1) is 23.7. The maximum atomic E-state index is 14.9. The fraction of sp³-hybridized carbons (Fsp3) is 0.214. The average molecular weight is 508 g/mol. The lowest BCUT2D eigenvalue weighted by Crippen LogP contribution is -2.18. The van der Waals surface area contributed by atoms with Gasteiger partial charge in [0.05, 0.1) is 11.1 Å². The molecule has 0 atom stereocenters. The van der Waals surface area contributed by atoms with E-state index in [0.29, 0.717) is 26.9 Å². The number of halogens is 3. The number of benzene rings is 3. The van der Waals surface area contributed by atoms with Gasteiger partial charge in [0.1, 0.15) is 5.82 Å². The predicted octanol–water partition coefficient (Wildman–Crippen LogP) is 7.50. The maximum Gasteiger partial charge on any atom is 0.258 e. The van der Waals surface area contributed by atoms with Crippen molar-refractivity contribution >= 4 is 45.7 Å². The number of nitrogens with one attached hydrogen (secondary N) is 1. The van der Waals surface area contributed by atoms with Crippen molar-refractivity contribution in [2.75, 3.05) is 18.4 Å². The number of fused-ring (bicyclic) bond motifs is 1. The van der Waals surface area contributed by atoms with Gasteiger partial charge in [-0.15, -0.1) is 0 Å². The average Bonchev–Trinajstić information content (AvgIpc) is 3.34. The number of rotatable bonds is 5. The molecule has 0 bridgehead atoms. The number of aryl methyl sites for hydroxylation is 1. The van der Waals surface area contributed by atoms with Crippen LogP contribution in [-0.2, 0) is 6.54 Å².